The number of ether oxygens (including phenoxy) is 1. The van der Waals surface area contributed by atoms with E-state index in [0.717, 1.165) is 16.7 Å². The number of amides is 2. The van der Waals surface area contributed by atoms with E-state index in [9.17, 15) is 9.59 Å². The zero-order chi connectivity index (χ0) is 22.8. The second kappa shape index (κ2) is 11.6. The molecule has 1 N–H and O–H groups in total. The van der Waals surface area contributed by atoms with Crippen molar-refractivity contribution in [2.75, 3.05) is 21.1 Å². The molecule has 3 aromatic rings. The van der Waals surface area contributed by atoms with E-state index in [4.69, 9.17) is 4.74 Å². The zero-order valence-electron chi connectivity index (χ0n) is 18.8. The molecule has 2 amide bonds. The first-order valence-electron chi connectivity index (χ1n) is 10.1. The Morgan fingerprint density at radius 1 is 0.806 bits per heavy atom. The van der Waals surface area contributed by atoms with Crippen LogP contribution in [0.5, 0.6) is 5.75 Å². The molecule has 0 saturated carbocycles. The number of aryl methyl sites for hydroxylation is 2. The Morgan fingerprint density at radius 2 is 1.32 bits per heavy atom. The first-order valence-corrected chi connectivity index (χ1v) is 10.1. The van der Waals surface area contributed by atoms with Gasteiger partial charge in [0.25, 0.3) is 0 Å². The predicted molar refractivity (Wildman–Crippen MR) is 124 cm³/mol. The number of carbonyl (C=O) groups is 2. The molecular formula is C26H30N2O3. The summed E-state index contributed by atoms with van der Waals surface area (Å²) in [6.45, 7) is 3.99. The first kappa shape index (κ1) is 23.7. The highest BCUT2D eigenvalue weighted by Crippen LogP contribution is 2.26. The van der Waals surface area contributed by atoms with Gasteiger partial charge in [-0.1, -0.05) is 66.7 Å². The summed E-state index contributed by atoms with van der Waals surface area (Å²) in [5, 5.41) is 2.39. The monoisotopic (exact) mass is 418 g/mol. The normalized spacial score (nSPS) is 10.0. The van der Waals surface area contributed by atoms with Crippen LogP contribution < -0.4 is 10.1 Å². The van der Waals surface area contributed by atoms with Crippen LogP contribution in [0.15, 0.2) is 78.9 Å². The van der Waals surface area contributed by atoms with Gasteiger partial charge < -0.3 is 15.0 Å². The molecule has 162 valence electrons. The minimum Gasteiger partial charge on any atom is -0.410 e. The molecule has 0 aliphatic rings. The molecule has 0 saturated heterocycles. The van der Waals surface area contributed by atoms with Crippen molar-refractivity contribution in [3.8, 4) is 5.75 Å². The van der Waals surface area contributed by atoms with Gasteiger partial charge in [-0.05, 0) is 48.2 Å². The van der Waals surface area contributed by atoms with Gasteiger partial charge in [0.1, 0.15) is 5.75 Å². The zero-order valence-corrected chi connectivity index (χ0v) is 18.8. The summed E-state index contributed by atoms with van der Waals surface area (Å²) in [6, 6.07) is 25.3. The molecule has 0 radical (unpaired) electrons. The number of likely N-dealkylation sites (N-methyl/N-ethyl adjacent to an activating group) is 1. The highest BCUT2D eigenvalue weighted by molar-refractivity contribution is 5.86. The third-order valence-electron chi connectivity index (χ3n) is 4.85. The van der Waals surface area contributed by atoms with E-state index in [-0.39, 0.29) is 11.8 Å². The van der Waals surface area contributed by atoms with Gasteiger partial charge in [-0.25, -0.2) is 4.79 Å². The molecule has 0 heterocycles. The average Bonchev–Trinajstić information content (AvgIpc) is 2.78. The fraction of sp³-hybridized carbons (Fsp3) is 0.231. The minimum atomic E-state index is -0.441. The van der Waals surface area contributed by atoms with Gasteiger partial charge in [0.15, 0.2) is 0 Å². The summed E-state index contributed by atoms with van der Waals surface area (Å²) in [7, 11) is 5.12. The largest absolute Gasteiger partial charge is 0.412 e. The quantitative estimate of drug-likeness (QED) is 0.654. The lowest BCUT2D eigenvalue weighted by atomic mass is 9.90. The fourth-order valence-electron chi connectivity index (χ4n) is 2.96. The van der Waals surface area contributed by atoms with Crippen LogP contribution in [0.25, 0.3) is 0 Å². The Hall–Kier alpha value is -3.60. The van der Waals surface area contributed by atoms with Gasteiger partial charge in [0, 0.05) is 21.1 Å². The minimum absolute atomic E-state index is 0.104. The summed E-state index contributed by atoms with van der Waals surface area (Å²) in [4.78, 5) is 24.9. The van der Waals surface area contributed by atoms with Crippen LogP contribution in [-0.2, 0) is 4.79 Å². The third kappa shape index (κ3) is 7.00. The molecule has 0 bridgehead atoms. The Balaban J connectivity index is 0.000000233. The number of nitrogens with zero attached hydrogens (tertiary/aromatic N) is 1. The van der Waals surface area contributed by atoms with E-state index in [1.807, 2.05) is 86.6 Å². The van der Waals surface area contributed by atoms with E-state index < -0.39 is 6.09 Å². The number of benzene rings is 3. The lowest BCUT2D eigenvalue weighted by molar-refractivity contribution is -0.129. The van der Waals surface area contributed by atoms with Gasteiger partial charge in [0.05, 0.1) is 5.92 Å². The van der Waals surface area contributed by atoms with Crippen molar-refractivity contribution < 1.29 is 14.3 Å². The van der Waals surface area contributed by atoms with Gasteiger partial charge in [-0.3, -0.25) is 4.79 Å². The Labute approximate surface area is 184 Å². The molecule has 31 heavy (non-hydrogen) atoms. The molecular weight excluding hydrogens is 388 g/mol. The summed E-state index contributed by atoms with van der Waals surface area (Å²) >= 11 is 0. The molecule has 0 atom stereocenters. The first-order chi connectivity index (χ1) is 14.8. The maximum absolute atomic E-state index is 12.4. The van der Waals surface area contributed by atoms with Crippen LogP contribution in [0.1, 0.15) is 28.2 Å². The van der Waals surface area contributed by atoms with Crippen LogP contribution in [0, 0.1) is 13.8 Å². The Bertz CT molecular complexity index is 947. The average molecular weight is 419 g/mol. The molecule has 0 unspecified atom stereocenters. The summed E-state index contributed by atoms with van der Waals surface area (Å²) < 4.78 is 4.95. The second-order valence-electron chi connectivity index (χ2n) is 7.37. The Morgan fingerprint density at radius 3 is 1.74 bits per heavy atom. The van der Waals surface area contributed by atoms with Gasteiger partial charge in [0.2, 0.25) is 5.91 Å². The number of nitrogens with one attached hydrogen (secondary N) is 1. The lowest BCUT2D eigenvalue weighted by Crippen LogP contribution is -2.28. The lowest BCUT2D eigenvalue weighted by Gasteiger charge is -2.21. The molecule has 3 aromatic carbocycles. The van der Waals surface area contributed by atoms with E-state index in [1.54, 1.807) is 25.1 Å². The third-order valence-corrected chi connectivity index (χ3v) is 4.85. The predicted octanol–water partition coefficient (Wildman–Crippen LogP) is 4.93. The number of hydrogen-bond donors (Lipinski definition) is 1. The molecule has 5 nitrogen and oxygen atoms in total. The van der Waals surface area contributed by atoms with Crippen LogP contribution in [0.4, 0.5) is 4.79 Å². The maximum Gasteiger partial charge on any atom is 0.412 e. The molecule has 0 spiro atoms. The summed E-state index contributed by atoms with van der Waals surface area (Å²) in [5.74, 6) is 0.456. The number of hydrogen-bond acceptors (Lipinski definition) is 3. The summed E-state index contributed by atoms with van der Waals surface area (Å²) in [5.41, 5.74) is 4.36. The molecule has 5 heteroatoms. The van der Waals surface area contributed by atoms with E-state index in [1.165, 1.54) is 12.6 Å². The van der Waals surface area contributed by atoms with Crippen LogP contribution in [0.3, 0.4) is 0 Å². The Kier molecular flexibility index (Phi) is 8.82. The number of carbonyl (C=O) groups excluding carboxylic acids is 2. The van der Waals surface area contributed by atoms with Crippen molar-refractivity contribution in [1.29, 1.82) is 0 Å². The molecule has 3 rings (SSSR count). The standard InChI is InChI=1S/C16H17NO.C10H13NO2/c1-17(2)16(18)15(13-9-5-3-6-10-13)14-11-7-4-8-12-14;1-7-4-5-9(6-8(7)2)13-10(12)11-3/h3-12,15H,1-2H3;4-6H,1-3H3,(H,11,12). The van der Waals surface area contributed by atoms with Gasteiger partial charge >= 0.3 is 6.09 Å². The SMILES string of the molecule is CN(C)C(=O)C(c1ccccc1)c1ccccc1.CNC(=O)Oc1ccc(C)c(C)c1. The van der Waals surface area contributed by atoms with E-state index in [2.05, 4.69) is 5.32 Å². The maximum atomic E-state index is 12.4. The van der Waals surface area contributed by atoms with E-state index in [0.29, 0.717) is 5.75 Å². The van der Waals surface area contributed by atoms with Crippen molar-refractivity contribution in [3.05, 3.63) is 101 Å². The number of rotatable bonds is 4. The molecule has 0 fully saturated rings. The smallest absolute Gasteiger partial charge is 0.410 e. The highest BCUT2D eigenvalue weighted by Gasteiger charge is 2.23. The van der Waals surface area contributed by atoms with Crippen LogP contribution in [0.2, 0.25) is 0 Å². The van der Waals surface area contributed by atoms with Gasteiger partial charge in [-0.2, -0.15) is 0 Å². The van der Waals surface area contributed by atoms with Crippen molar-refractivity contribution in [3.63, 3.8) is 0 Å². The molecule has 0 aliphatic carbocycles. The highest BCUT2D eigenvalue weighted by atomic mass is 16.5. The second-order valence-corrected chi connectivity index (χ2v) is 7.37. The van der Waals surface area contributed by atoms with E-state index >= 15 is 0 Å². The molecule has 0 aliphatic heterocycles. The van der Waals surface area contributed by atoms with Crippen molar-refractivity contribution in [2.45, 2.75) is 19.8 Å². The topological polar surface area (TPSA) is 58.6 Å². The van der Waals surface area contributed by atoms with Crippen LogP contribution >= 0.6 is 0 Å². The van der Waals surface area contributed by atoms with Crippen molar-refractivity contribution in [2.24, 2.45) is 0 Å². The molecule has 0 aromatic heterocycles. The fourth-order valence-corrected chi connectivity index (χ4v) is 2.96. The van der Waals surface area contributed by atoms with Crippen LogP contribution in [-0.4, -0.2) is 38.0 Å². The summed E-state index contributed by atoms with van der Waals surface area (Å²) in [6.07, 6.45) is -0.441. The van der Waals surface area contributed by atoms with Crippen molar-refractivity contribution in [1.82, 2.24) is 10.2 Å². The van der Waals surface area contributed by atoms with Crippen molar-refractivity contribution >= 4 is 12.0 Å². The van der Waals surface area contributed by atoms with Gasteiger partial charge in [-0.15, -0.1) is 0 Å².